The molecular formula is C6H9BrO. The Hall–Kier alpha value is -0.110. The third-order valence-electron chi connectivity index (χ3n) is 0.839. The first-order valence-electron chi connectivity index (χ1n) is 2.50. The van der Waals surface area contributed by atoms with Crippen LogP contribution < -0.4 is 0 Å². The van der Waals surface area contributed by atoms with E-state index in [1.54, 1.807) is 0 Å². The largest absolute Gasteiger partial charge is 0.286 e. The third-order valence-corrected chi connectivity index (χ3v) is 1.56. The van der Waals surface area contributed by atoms with Gasteiger partial charge in [0, 0.05) is 5.92 Å². The number of hydrogen-bond donors (Lipinski definition) is 0. The van der Waals surface area contributed by atoms with Crippen molar-refractivity contribution in [1.29, 1.82) is 0 Å². The van der Waals surface area contributed by atoms with Crippen molar-refractivity contribution in [2.24, 2.45) is 5.92 Å². The van der Waals surface area contributed by atoms with Gasteiger partial charge in [-0.15, -0.1) is 0 Å². The maximum absolute atomic E-state index is 10.4. The monoisotopic (exact) mass is 176 g/mol. The lowest BCUT2D eigenvalue weighted by Gasteiger charge is -1.93. The molecule has 0 aromatic carbocycles. The van der Waals surface area contributed by atoms with Crippen molar-refractivity contribution in [2.45, 2.75) is 13.8 Å². The highest BCUT2D eigenvalue weighted by atomic mass is 79.9. The van der Waals surface area contributed by atoms with Crippen molar-refractivity contribution in [2.75, 3.05) is 0 Å². The first-order valence-corrected chi connectivity index (χ1v) is 3.30. The zero-order valence-corrected chi connectivity index (χ0v) is 6.60. The molecule has 0 saturated carbocycles. The van der Waals surface area contributed by atoms with Gasteiger partial charge in [-0.2, -0.15) is 0 Å². The second-order valence-electron chi connectivity index (χ2n) is 1.62. The lowest BCUT2D eigenvalue weighted by molar-refractivity contribution is -0.112. The minimum absolute atomic E-state index is 0.0139. The Kier molecular flexibility index (Phi) is 3.79. The normalized spacial score (nSPS) is 14.4. The predicted molar refractivity (Wildman–Crippen MR) is 37.9 cm³/mol. The lowest BCUT2D eigenvalue weighted by atomic mass is 10.2. The van der Waals surface area contributed by atoms with Crippen LogP contribution in [0.4, 0.5) is 0 Å². The molecule has 1 atom stereocenters. The number of carbonyl (C=O) groups excluding carboxylic acids is 1. The number of allylic oxidation sites excluding steroid dienone is 2. The van der Waals surface area contributed by atoms with Gasteiger partial charge in [-0.05, 0) is 22.9 Å². The van der Waals surface area contributed by atoms with Gasteiger partial charge in [0.1, 0.15) is 0 Å². The zero-order valence-electron chi connectivity index (χ0n) is 5.02. The molecule has 0 saturated heterocycles. The van der Waals surface area contributed by atoms with E-state index in [-0.39, 0.29) is 10.6 Å². The highest BCUT2D eigenvalue weighted by Crippen LogP contribution is 2.03. The van der Waals surface area contributed by atoms with Crippen molar-refractivity contribution >= 4 is 20.6 Å². The molecule has 0 rings (SSSR count). The van der Waals surface area contributed by atoms with Gasteiger partial charge < -0.3 is 0 Å². The summed E-state index contributed by atoms with van der Waals surface area (Å²) in [4.78, 5) is 10.4. The molecule has 46 valence electrons. The highest BCUT2D eigenvalue weighted by Gasteiger charge is 2.01. The first kappa shape index (κ1) is 7.89. The standard InChI is InChI=1S/C6H9BrO/c1-3-4-5(2)6(7)8/h3-5H,1-2H3. The van der Waals surface area contributed by atoms with Crippen LogP contribution in [0.3, 0.4) is 0 Å². The molecule has 0 aliphatic heterocycles. The molecule has 0 spiro atoms. The summed E-state index contributed by atoms with van der Waals surface area (Å²) in [7, 11) is 0. The summed E-state index contributed by atoms with van der Waals surface area (Å²) >= 11 is 2.85. The summed E-state index contributed by atoms with van der Waals surface area (Å²) in [6.45, 7) is 3.74. The van der Waals surface area contributed by atoms with Crippen LogP contribution in [0.1, 0.15) is 13.8 Å². The van der Waals surface area contributed by atoms with E-state index >= 15 is 0 Å². The molecule has 8 heavy (non-hydrogen) atoms. The second-order valence-corrected chi connectivity index (χ2v) is 2.40. The SMILES string of the molecule is CC=CC(C)C(=O)Br. The quantitative estimate of drug-likeness (QED) is 0.466. The summed E-state index contributed by atoms with van der Waals surface area (Å²) in [5.74, 6) is 0.0139. The Morgan fingerprint density at radius 2 is 2.25 bits per heavy atom. The number of rotatable bonds is 2. The molecule has 1 nitrogen and oxygen atoms in total. The van der Waals surface area contributed by atoms with Gasteiger partial charge in [0.2, 0.25) is 4.69 Å². The first-order chi connectivity index (χ1) is 3.68. The number of carbonyl (C=O) groups is 1. The minimum Gasteiger partial charge on any atom is -0.286 e. The number of halogens is 1. The highest BCUT2D eigenvalue weighted by molar-refractivity contribution is 9.18. The fraction of sp³-hybridized carbons (Fsp3) is 0.500. The van der Waals surface area contributed by atoms with Gasteiger partial charge in [-0.25, -0.2) is 0 Å². The Bertz CT molecular complexity index is 107. The fourth-order valence-corrected chi connectivity index (χ4v) is 0.517. The van der Waals surface area contributed by atoms with Crippen molar-refractivity contribution in [3.8, 4) is 0 Å². The molecule has 0 heterocycles. The molecule has 0 bridgehead atoms. The van der Waals surface area contributed by atoms with Crippen molar-refractivity contribution < 1.29 is 4.79 Å². The van der Waals surface area contributed by atoms with Gasteiger partial charge in [-0.3, -0.25) is 4.79 Å². The number of hydrogen-bond acceptors (Lipinski definition) is 1. The van der Waals surface area contributed by atoms with Crippen LogP contribution in [-0.2, 0) is 4.79 Å². The smallest absolute Gasteiger partial charge is 0.204 e. The van der Waals surface area contributed by atoms with Crippen LogP contribution in [0.5, 0.6) is 0 Å². The molecule has 1 unspecified atom stereocenters. The van der Waals surface area contributed by atoms with Crippen molar-refractivity contribution in [1.82, 2.24) is 0 Å². The van der Waals surface area contributed by atoms with E-state index in [4.69, 9.17) is 0 Å². The zero-order chi connectivity index (χ0) is 6.57. The van der Waals surface area contributed by atoms with Gasteiger partial charge in [0.15, 0.2) is 0 Å². The molecular weight excluding hydrogens is 168 g/mol. The van der Waals surface area contributed by atoms with Gasteiger partial charge in [0.25, 0.3) is 0 Å². The second kappa shape index (κ2) is 3.84. The van der Waals surface area contributed by atoms with Crippen LogP contribution in [0.2, 0.25) is 0 Å². The molecule has 0 fully saturated rings. The van der Waals surface area contributed by atoms with Crippen LogP contribution in [-0.4, -0.2) is 4.69 Å². The van der Waals surface area contributed by atoms with Crippen LogP contribution in [0.25, 0.3) is 0 Å². The molecule has 0 aliphatic carbocycles. The maximum Gasteiger partial charge on any atom is 0.204 e. The van der Waals surface area contributed by atoms with Crippen LogP contribution in [0, 0.1) is 5.92 Å². The van der Waals surface area contributed by atoms with Crippen molar-refractivity contribution in [3.63, 3.8) is 0 Å². The molecule has 0 amide bonds. The van der Waals surface area contributed by atoms with Gasteiger partial charge >= 0.3 is 0 Å². The molecule has 0 aromatic rings. The minimum atomic E-state index is 0.0139. The van der Waals surface area contributed by atoms with E-state index in [0.29, 0.717) is 0 Å². The Labute approximate surface area is 57.9 Å². The summed E-state index contributed by atoms with van der Waals surface area (Å²) in [6, 6.07) is 0. The van der Waals surface area contributed by atoms with E-state index in [9.17, 15) is 4.79 Å². The predicted octanol–water partition coefficient (Wildman–Crippen LogP) is 2.12. The summed E-state index contributed by atoms with van der Waals surface area (Å²) in [6.07, 6.45) is 3.71. The van der Waals surface area contributed by atoms with Gasteiger partial charge in [-0.1, -0.05) is 19.1 Å². The summed E-state index contributed by atoms with van der Waals surface area (Å²) in [5.41, 5.74) is 0. The van der Waals surface area contributed by atoms with Crippen molar-refractivity contribution in [3.05, 3.63) is 12.2 Å². The Morgan fingerprint density at radius 3 is 2.38 bits per heavy atom. The summed E-state index contributed by atoms with van der Waals surface area (Å²) in [5, 5.41) is 0. The maximum atomic E-state index is 10.4. The third kappa shape index (κ3) is 2.97. The molecule has 2 heteroatoms. The van der Waals surface area contributed by atoms with Crippen LogP contribution in [0.15, 0.2) is 12.2 Å². The molecule has 0 radical (unpaired) electrons. The molecule has 0 aromatic heterocycles. The van der Waals surface area contributed by atoms with Crippen LogP contribution >= 0.6 is 15.9 Å². The van der Waals surface area contributed by atoms with E-state index in [0.717, 1.165) is 0 Å². The van der Waals surface area contributed by atoms with Gasteiger partial charge in [0.05, 0.1) is 0 Å². The lowest BCUT2D eigenvalue weighted by Crippen LogP contribution is -1.97. The average molecular weight is 177 g/mol. The Morgan fingerprint density at radius 1 is 1.75 bits per heavy atom. The summed E-state index contributed by atoms with van der Waals surface area (Å²) < 4.78 is 0.0376. The van der Waals surface area contributed by atoms with E-state index in [1.165, 1.54) is 0 Å². The molecule has 0 aliphatic rings. The average Bonchev–Trinajstić information content (AvgIpc) is 1.67. The Balaban J connectivity index is 3.64. The van der Waals surface area contributed by atoms with E-state index < -0.39 is 0 Å². The van der Waals surface area contributed by atoms with E-state index in [2.05, 4.69) is 15.9 Å². The van der Waals surface area contributed by atoms with E-state index in [1.807, 2.05) is 26.0 Å². The molecule has 0 N–H and O–H groups in total. The fourth-order valence-electron chi connectivity index (χ4n) is 0.364. The topological polar surface area (TPSA) is 17.1 Å².